The fourth-order valence-corrected chi connectivity index (χ4v) is 3.85. The van der Waals surface area contributed by atoms with Crippen LogP contribution >= 0.6 is 11.3 Å². The minimum Gasteiger partial charge on any atom is -0.493 e. The van der Waals surface area contributed by atoms with Crippen molar-refractivity contribution in [1.82, 2.24) is 10.2 Å². The topological polar surface area (TPSA) is 75.2 Å². The number of carbonyl (C=O) groups is 1. The van der Waals surface area contributed by atoms with E-state index in [2.05, 4.69) is 27.1 Å². The van der Waals surface area contributed by atoms with Crippen molar-refractivity contribution in [2.75, 3.05) is 39.7 Å². The van der Waals surface area contributed by atoms with Crippen molar-refractivity contribution in [3.05, 3.63) is 40.1 Å². The van der Waals surface area contributed by atoms with Gasteiger partial charge in [0.2, 0.25) is 5.91 Å². The lowest BCUT2D eigenvalue weighted by Crippen LogP contribution is -2.43. The highest BCUT2D eigenvalue weighted by molar-refractivity contribution is 7.10. The van der Waals surface area contributed by atoms with Crippen molar-refractivity contribution >= 4 is 28.9 Å². The van der Waals surface area contributed by atoms with E-state index in [4.69, 9.17) is 9.47 Å². The van der Waals surface area contributed by atoms with Gasteiger partial charge in [0.05, 0.1) is 20.8 Å². The minimum atomic E-state index is 0.0575. The quantitative estimate of drug-likeness (QED) is 0.607. The Morgan fingerprint density at radius 3 is 2.81 bits per heavy atom. The van der Waals surface area contributed by atoms with E-state index in [1.54, 1.807) is 32.6 Å². The highest BCUT2D eigenvalue weighted by Gasteiger charge is 2.21. The first-order valence-electron chi connectivity index (χ1n) is 8.67. The molecular formula is C19H24N4O3S. The normalized spacial score (nSPS) is 13.7. The molecule has 2 aromatic rings. The molecule has 1 aliphatic rings. The summed E-state index contributed by atoms with van der Waals surface area (Å²) in [6, 6.07) is 7.59. The zero-order valence-corrected chi connectivity index (χ0v) is 16.6. The van der Waals surface area contributed by atoms with Crippen molar-refractivity contribution in [1.29, 1.82) is 0 Å². The van der Waals surface area contributed by atoms with E-state index in [0.29, 0.717) is 24.0 Å². The summed E-state index contributed by atoms with van der Waals surface area (Å²) in [7, 11) is 4.85. The number of hydrogen-bond acceptors (Lipinski definition) is 5. The van der Waals surface area contributed by atoms with Gasteiger partial charge >= 0.3 is 0 Å². The van der Waals surface area contributed by atoms with Crippen molar-refractivity contribution < 1.29 is 14.3 Å². The number of amides is 1. The average molecular weight is 388 g/mol. The number of benzene rings is 1. The molecule has 27 heavy (non-hydrogen) atoms. The van der Waals surface area contributed by atoms with Crippen LogP contribution in [0, 0.1) is 0 Å². The molecular weight excluding hydrogens is 364 g/mol. The summed E-state index contributed by atoms with van der Waals surface area (Å²) in [5, 5.41) is 8.32. The molecule has 0 spiro atoms. The van der Waals surface area contributed by atoms with Crippen molar-refractivity contribution in [3.8, 4) is 11.5 Å². The minimum absolute atomic E-state index is 0.0575. The molecule has 1 aromatic carbocycles. The molecule has 0 saturated carbocycles. The number of nitrogens with one attached hydrogen (secondary N) is 2. The Balaban J connectivity index is 1.56. The number of anilines is 1. The Bertz CT molecular complexity index is 834. The molecule has 0 fully saturated rings. The monoisotopic (exact) mass is 388 g/mol. The van der Waals surface area contributed by atoms with E-state index in [-0.39, 0.29) is 12.5 Å². The molecule has 144 valence electrons. The van der Waals surface area contributed by atoms with E-state index < -0.39 is 0 Å². The third kappa shape index (κ3) is 4.51. The van der Waals surface area contributed by atoms with Crippen LogP contribution < -0.4 is 20.1 Å². The van der Waals surface area contributed by atoms with Crippen molar-refractivity contribution in [2.45, 2.75) is 13.0 Å². The second kappa shape index (κ2) is 8.77. The summed E-state index contributed by atoms with van der Waals surface area (Å²) in [5.74, 6) is 1.85. The van der Waals surface area contributed by atoms with Crippen LogP contribution in [0.2, 0.25) is 0 Å². The summed E-state index contributed by atoms with van der Waals surface area (Å²) >= 11 is 1.77. The first kappa shape index (κ1) is 19.0. The number of methoxy groups -OCH3 is 2. The molecule has 7 nitrogen and oxygen atoms in total. The number of thiophene rings is 1. The molecule has 8 heteroatoms. The molecule has 1 amide bonds. The number of fused-ring (bicyclic) bond motifs is 1. The molecule has 1 aromatic heterocycles. The van der Waals surface area contributed by atoms with Crippen LogP contribution in [-0.4, -0.2) is 51.1 Å². The predicted octanol–water partition coefficient (Wildman–Crippen LogP) is 2.34. The SMILES string of the molecule is CN=C(NCC(=O)N1CCc2sccc2C1)Nc1ccc(OC)c(OC)c1. The molecule has 0 saturated heterocycles. The Hall–Kier alpha value is -2.74. The van der Waals surface area contributed by atoms with Gasteiger partial charge in [0.25, 0.3) is 0 Å². The van der Waals surface area contributed by atoms with Crippen molar-refractivity contribution in [2.24, 2.45) is 4.99 Å². The fourth-order valence-electron chi connectivity index (χ4n) is 2.96. The zero-order valence-electron chi connectivity index (χ0n) is 15.7. The molecule has 2 heterocycles. The van der Waals surface area contributed by atoms with Gasteiger partial charge < -0.3 is 25.0 Å². The molecule has 0 radical (unpaired) electrons. The summed E-state index contributed by atoms with van der Waals surface area (Å²) in [5.41, 5.74) is 2.04. The van der Waals surface area contributed by atoms with Gasteiger partial charge in [-0.2, -0.15) is 0 Å². The van der Waals surface area contributed by atoms with Crippen LogP contribution in [0.15, 0.2) is 34.6 Å². The largest absolute Gasteiger partial charge is 0.493 e. The Morgan fingerprint density at radius 2 is 2.07 bits per heavy atom. The maximum atomic E-state index is 12.5. The number of guanidine groups is 1. The van der Waals surface area contributed by atoms with Crippen LogP contribution in [0.25, 0.3) is 0 Å². The van der Waals surface area contributed by atoms with E-state index >= 15 is 0 Å². The van der Waals surface area contributed by atoms with E-state index in [1.807, 2.05) is 23.1 Å². The lowest BCUT2D eigenvalue weighted by Gasteiger charge is -2.27. The molecule has 0 aliphatic carbocycles. The van der Waals surface area contributed by atoms with Crippen LogP contribution in [-0.2, 0) is 17.8 Å². The summed E-state index contributed by atoms with van der Waals surface area (Å²) in [6.07, 6.45) is 0.928. The number of aliphatic imine (C=N–C) groups is 1. The number of ether oxygens (including phenoxy) is 2. The second-order valence-corrected chi connectivity index (χ2v) is 7.06. The number of rotatable bonds is 5. The third-order valence-electron chi connectivity index (χ3n) is 4.44. The molecule has 1 aliphatic heterocycles. The van der Waals surface area contributed by atoms with E-state index in [1.165, 1.54) is 10.4 Å². The van der Waals surface area contributed by atoms with Gasteiger partial charge in [0, 0.05) is 36.8 Å². The van der Waals surface area contributed by atoms with E-state index in [9.17, 15) is 4.79 Å². The lowest BCUT2D eigenvalue weighted by molar-refractivity contribution is -0.130. The Morgan fingerprint density at radius 1 is 1.26 bits per heavy atom. The summed E-state index contributed by atoms with van der Waals surface area (Å²) in [6.45, 7) is 1.63. The third-order valence-corrected chi connectivity index (χ3v) is 5.46. The molecule has 2 N–H and O–H groups in total. The Labute approximate surface area is 163 Å². The number of carbonyl (C=O) groups excluding carboxylic acids is 1. The maximum Gasteiger partial charge on any atom is 0.242 e. The second-order valence-electron chi connectivity index (χ2n) is 6.05. The molecule has 0 bridgehead atoms. The first-order valence-corrected chi connectivity index (χ1v) is 9.55. The number of hydrogen-bond donors (Lipinski definition) is 2. The van der Waals surface area contributed by atoms with E-state index in [0.717, 1.165) is 18.7 Å². The number of nitrogens with zero attached hydrogens (tertiary/aromatic N) is 2. The summed E-state index contributed by atoms with van der Waals surface area (Å²) in [4.78, 5) is 20.0. The summed E-state index contributed by atoms with van der Waals surface area (Å²) < 4.78 is 10.5. The van der Waals surface area contributed by atoms with Crippen LogP contribution in [0.3, 0.4) is 0 Å². The van der Waals surface area contributed by atoms with Crippen molar-refractivity contribution in [3.63, 3.8) is 0 Å². The van der Waals surface area contributed by atoms with Gasteiger partial charge in [0.15, 0.2) is 17.5 Å². The average Bonchev–Trinajstić information content (AvgIpc) is 3.18. The van der Waals surface area contributed by atoms with Gasteiger partial charge in [-0.25, -0.2) is 0 Å². The van der Waals surface area contributed by atoms with Crippen LogP contribution in [0.5, 0.6) is 11.5 Å². The fraction of sp³-hybridized carbons (Fsp3) is 0.368. The predicted molar refractivity (Wildman–Crippen MR) is 108 cm³/mol. The van der Waals surface area contributed by atoms with Gasteiger partial charge in [-0.15, -0.1) is 11.3 Å². The zero-order chi connectivity index (χ0) is 19.2. The van der Waals surface area contributed by atoms with Gasteiger partial charge in [-0.05, 0) is 35.6 Å². The molecule has 0 atom stereocenters. The van der Waals surface area contributed by atoms with Crippen LogP contribution in [0.1, 0.15) is 10.4 Å². The highest BCUT2D eigenvalue weighted by Crippen LogP contribution is 2.29. The van der Waals surface area contributed by atoms with Gasteiger partial charge in [-0.1, -0.05) is 0 Å². The standard InChI is InChI=1S/C19H24N4O3S/c1-20-19(22-14-4-5-15(25-2)16(10-14)26-3)21-11-18(24)23-8-6-17-13(12-23)7-9-27-17/h4-5,7,9-10H,6,8,11-12H2,1-3H3,(H2,20,21,22). The smallest absolute Gasteiger partial charge is 0.242 e. The van der Waals surface area contributed by atoms with Gasteiger partial charge in [0.1, 0.15) is 0 Å². The lowest BCUT2D eigenvalue weighted by atomic mass is 10.1. The molecule has 3 rings (SSSR count). The van der Waals surface area contributed by atoms with Crippen LogP contribution in [0.4, 0.5) is 5.69 Å². The van der Waals surface area contributed by atoms with Gasteiger partial charge in [-0.3, -0.25) is 9.79 Å². The maximum absolute atomic E-state index is 12.5. The Kier molecular flexibility index (Phi) is 6.18. The molecule has 0 unspecified atom stereocenters. The highest BCUT2D eigenvalue weighted by atomic mass is 32.1. The first-order chi connectivity index (χ1) is 13.1.